The lowest BCUT2D eigenvalue weighted by Gasteiger charge is -2.27. The van der Waals surface area contributed by atoms with Crippen LogP contribution in [0.15, 0.2) is 30.3 Å². The van der Waals surface area contributed by atoms with Gasteiger partial charge in [0.2, 0.25) is 11.8 Å². The largest absolute Gasteiger partial charge is 0.354 e. The van der Waals surface area contributed by atoms with E-state index in [0.29, 0.717) is 13.1 Å². The van der Waals surface area contributed by atoms with E-state index in [1.165, 1.54) is 5.56 Å². The van der Waals surface area contributed by atoms with E-state index in [1.807, 2.05) is 43.9 Å². The van der Waals surface area contributed by atoms with Crippen molar-refractivity contribution in [1.29, 1.82) is 0 Å². The molecule has 0 aromatic heterocycles. The minimum atomic E-state index is -0.174. The van der Waals surface area contributed by atoms with Crippen LogP contribution in [0.3, 0.4) is 0 Å². The Morgan fingerprint density at radius 3 is 2.35 bits per heavy atom. The van der Waals surface area contributed by atoms with Gasteiger partial charge in [-0.15, -0.1) is 0 Å². The molecule has 2 amide bonds. The van der Waals surface area contributed by atoms with Gasteiger partial charge in [-0.25, -0.2) is 0 Å². The molecule has 1 aromatic carbocycles. The molecular formula is C21H33N3O2. The molecule has 2 atom stereocenters. The molecule has 1 N–H and O–H groups in total. The van der Waals surface area contributed by atoms with Crippen LogP contribution in [0.1, 0.15) is 45.6 Å². The normalized spacial score (nSPS) is 18.3. The smallest absolute Gasteiger partial charge is 0.237 e. The van der Waals surface area contributed by atoms with Crippen LogP contribution in [0.25, 0.3) is 0 Å². The van der Waals surface area contributed by atoms with E-state index < -0.39 is 0 Å². The summed E-state index contributed by atoms with van der Waals surface area (Å²) in [4.78, 5) is 28.9. The topological polar surface area (TPSA) is 52.7 Å². The molecule has 0 bridgehead atoms. The van der Waals surface area contributed by atoms with Gasteiger partial charge in [-0.2, -0.15) is 0 Å². The number of hydrogen-bond acceptors (Lipinski definition) is 3. The summed E-state index contributed by atoms with van der Waals surface area (Å²) in [5.74, 6) is 0.592. The molecule has 1 fully saturated rings. The highest BCUT2D eigenvalue weighted by molar-refractivity contribution is 5.81. The van der Waals surface area contributed by atoms with Crippen molar-refractivity contribution in [1.82, 2.24) is 15.1 Å². The third kappa shape index (κ3) is 5.56. The van der Waals surface area contributed by atoms with Crippen LogP contribution in [0.4, 0.5) is 0 Å². The molecule has 0 aliphatic carbocycles. The van der Waals surface area contributed by atoms with Crippen molar-refractivity contribution in [3.63, 3.8) is 0 Å². The fourth-order valence-corrected chi connectivity index (χ4v) is 3.38. The standard InChI is InChI=1S/C21H33N3O2/c1-16(2)21(26)24-12-8-11-23(13-14-24)18(4)20(25)22-15-17(3)19-9-6-5-7-10-19/h5-7,9-10,16-18H,8,11-15H2,1-4H3,(H,22,25). The SMILES string of the molecule is CC(C)C(=O)N1CCCN(C(C)C(=O)NCC(C)c2ccccc2)CC1. The Labute approximate surface area is 157 Å². The highest BCUT2D eigenvalue weighted by atomic mass is 16.2. The zero-order chi connectivity index (χ0) is 19.1. The molecule has 5 nitrogen and oxygen atoms in total. The highest BCUT2D eigenvalue weighted by Gasteiger charge is 2.26. The lowest BCUT2D eigenvalue weighted by atomic mass is 10.0. The second-order valence-electron chi connectivity index (χ2n) is 7.60. The molecule has 1 saturated heterocycles. The predicted molar refractivity (Wildman–Crippen MR) is 105 cm³/mol. The number of nitrogens with one attached hydrogen (secondary N) is 1. The Morgan fingerprint density at radius 2 is 1.69 bits per heavy atom. The molecule has 1 aliphatic rings. The van der Waals surface area contributed by atoms with Crippen LogP contribution < -0.4 is 5.32 Å². The number of nitrogens with zero attached hydrogens (tertiary/aromatic N) is 2. The van der Waals surface area contributed by atoms with Crippen molar-refractivity contribution in [2.24, 2.45) is 5.92 Å². The summed E-state index contributed by atoms with van der Waals surface area (Å²) in [6.45, 7) is 11.7. The summed E-state index contributed by atoms with van der Waals surface area (Å²) in [5, 5.41) is 3.09. The predicted octanol–water partition coefficient (Wildman–Crippen LogP) is 2.49. The first kappa shape index (κ1) is 20.4. The van der Waals surface area contributed by atoms with Crippen LogP contribution in [0.5, 0.6) is 0 Å². The van der Waals surface area contributed by atoms with E-state index in [1.54, 1.807) is 0 Å². The van der Waals surface area contributed by atoms with Crippen LogP contribution in [-0.4, -0.2) is 60.4 Å². The zero-order valence-corrected chi connectivity index (χ0v) is 16.6. The van der Waals surface area contributed by atoms with Gasteiger partial charge >= 0.3 is 0 Å². The van der Waals surface area contributed by atoms with Crippen molar-refractivity contribution < 1.29 is 9.59 Å². The minimum Gasteiger partial charge on any atom is -0.354 e. The number of benzene rings is 1. The molecule has 0 radical (unpaired) electrons. The van der Waals surface area contributed by atoms with Crippen molar-refractivity contribution in [3.8, 4) is 0 Å². The summed E-state index contributed by atoms with van der Waals surface area (Å²) in [7, 11) is 0. The summed E-state index contributed by atoms with van der Waals surface area (Å²) in [6, 6.07) is 10.1. The number of carbonyl (C=O) groups excluding carboxylic acids is 2. The fourth-order valence-electron chi connectivity index (χ4n) is 3.38. The average Bonchev–Trinajstić information content (AvgIpc) is 2.91. The molecule has 1 aliphatic heterocycles. The molecule has 2 unspecified atom stereocenters. The van der Waals surface area contributed by atoms with E-state index in [0.717, 1.165) is 26.1 Å². The van der Waals surface area contributed by atoms with Gasteiger partial charge in [0.1, 0.15) is 0 Å². The van der Waals surface area contributed by atoms with Crippen molar-refractivity contribution in [2.75, 3.05) is 32.7 Å². The number of rotatable bonds is 6. The minimum absolute atomic E-state index is 0.0294. The lowest BCUT2D eigenvalue weighted by Crippen LogP contribution is -2.47. The monoisotopic (exact) mass is 359 g/mol. The molecule has 1 aromatic rings. The van der Waals surface area contributed by atoms with Gasteiger partial charge in [0.15, 0.2) is 0 Å². The molecule has 0 saturated carbocycles. The molecular weight excluding hydrogens is 326 g/mol. The van der Waals surface area contributed by atoms with Crippen LogP contribution in [0, 0.1) is 5.92 Å². The summed E-state index contributed by atoms with van der Waals surface area (Å²) in [5.41, 5.74) is 1.23. The number of carbonyl (C=O) groups is 2. The van der Waals surface area contributed by atoms with E-state index >= 15 is 0 Å². The van der Waals surface area contributed by atoms with Gasteiger partial charge in [-0.3, -0.25) is 14.5 Å². The highest BCUT2D eigenvalue weighted by Crippen LogP contribution is 2.14. The Kier molecular flexibility index (Phi) is 7.64. The zero-order valence-electron chi connectivity index (χ0n) is 16.6. The molecule has 0 spiro atoms. The average molecular weight is 360 g/mol. The van der Waals surface area contributed by atoms with Crippen molar-refractivity contribution >= 4 is 11.8 Å². The third-order valence-electron chi connectivity index (χ3n) is 5.21. The van der Waals surface area contributed by atoms with Gasteiger partial charge < -0.3 is 10.2 Å². The molecule has 144 valence electrons. The first-order chi connectivity index (χ1) is 12.4. The Morgan fingerprint density at radius 1 is 1.00 bits per heavy atom. The number of amides is 2. The molecule has 26 heavy (non-hydrogen) atoms. The first-order valence-electron chi connectivity index (χ1n) is 9.75. The van der Waals surface area contributed by atoms with Crippen molar-refractivity contribution in [3.05, 3.63) is 35.9 Å². The van der Waals surface area contributed by atoms with E-state index in [9.17, 15) is 9.59 Å². The van der Waals surface area contributed by atoms with E-state index in [-0.39, 0.29) is 29.7 Å². The number of hydrogen-bond donors (Lipinski definition) is 1. The second-order valence-corrected chi connectivity index (χ2v) is 7.60. The fraction of sp³-hybridized carbons (Fsp3) is 0.619. The first-order valence-corrected chi connectivity index (χ1v) is 9.75. The van der Waals surface area contributed by atoms with Gasteiger partial charge in [0.25, 0.3) is 0 Å². The van der Waals surface area contributed by atoms with Gasteiger partial charge in [0.05, 0.1) is 6.04 Å². The van der Waals surface area contributed by atoms with E-state index in [4.69, 9.17) is 0 Å². The van der Waals surface area contributed by atoms with Gasteiger partial charge in [-0.05, 0) is 24.8 Å². The third-order valence-corrected chi connectivity index (χ3v) is 5.21. The maximum absolute atomic E-state index is 12.6. The maximum atomic E-state index is 12.6. The van der Waals surface area contributed by atoms with Crippen LogP contribution in [0.2, 0.25) is 0 Å². The summed E-state index contributed by atoms with van der Waals surface area (Å²) < 4.78 is 0. The lowest BCUT2D eigenvalue weighted by molar-refractivity contribution is -0.134. The van der Waals surface area contributed by atoms with Gasteiger partial charge in [0, 0.05) is 38.6 Å². The molecule has 1 heterocycles. The van der Waals surface area contributed by atoms with E-state index in [2.05, 4.69) is 29.3 Å². The van der Waals surface area contributed by atoms with Crippen LogP contribution in [-0.2, 0) is 9.59 Å². The van der Waals surface area contributed by atoms with Crippen molar-refractivity contribution in [2.45, 2.75) is 46.1 Å². The second kappa shape index (κ2) is 9.72. The van der Waals surface area contributed by atoms with Gasteiger partial charge in [-0.1, -0.05) is 51.1 Å². The maximum Gasteiger partial charge on any atom is 0.237 e. The summed E-state index contributed by atoms with van der Waals surface area (Å²) in [6.07, 6.45) is 0.913. The quantitative estimate of drug-likeness (QED) is 0.849. The Hall–Kier alpha value is -1.88. The Bertz CT molecular complexity index is 588. The molecule has 2 rings (SSSR count). The van der Waals surface area contributed by atoms with Crippen LogP contribution >= 0.6 is 0 Å². The Balaban J connectivity index is 1.83. The molecule has 5 heteroatoms. The summed E-state index contributed by atoms with van der Waals surface area (Å²) >= 11 is 0.